The van der Waals surface area contributed by atoms with Gasteiger partial charge in [-0.3, -0.25) is 14.2 Å². The first-order chi connectivity index (χ1) is 17.4. The molecule has 0 aliphatic heterocycles. The van der Waals surface area contributed by atoms with Crippen molar-refractivity contribution < 1.29 is 4.79 Å². The third kappa shape index (κ3) is 5.15. The van der Waals surface area contributed by atoms with Gasteiger partial charge in [-0.1, -0.05) is 37.5 Å². The molecule has 36 heavy (non-hydrogen) atoms. The maximum atomic E-state index is 12.0. The van der Waals surface area contributed by atoms with Crippen LogP contribution in [-0.4, -0.2) is 47.5 Å². The van der Waals surface area contributed by atoms with Gasteiger partial charge in [0.2, 0.25) is 5.91 Å². The Hall–Kier alpha value is -4.01. The molecule has 2 N–H and O–H groups in total. The fraction of sp³-hybridized carbons (Fsp3) is 0.370. The molecule has 0 atom stereocenters. The molecule has 0 unspecified atom stereocenters. The Labute approximate surface area is 211 Å². The predicted molar refractivity (Wildman–Crippen MR) is 140 cm³/mol. The van der Waals surface area contributed by atoms with E-state index in [0.717, 1.165) is 59.3 Å². The third-order valence-corrected chi connectivity index (χ3v) is 6.81. The van der Waals surface area contributed by atoms with E-state index in [-0.39, 0.29) is 11.4 Å². The lowest BCUT2D eigenvalue weighted by Crippen LogP contribution is -2.53. The number of carbonyl (C=O) groups is 1. The summed E-state index contributed by atoms with van der Waals surface area (Å²) in [5.41, 5.74) is 4.56. The summed E-state index contributed by atoms with van der Waals surface area (Å²) in [4.78, 5) is 21.7. The Morgan fingerprint density at radius 1 is 0.944 bits per heavy atom. The van der Waals surface area contributed by atoms with Crippen molar-refractivity contribution in [2.45, 2.75) is 44.6 Å². The number of aromatic nitrogens is 6. The summed E-state index contributed by atoms with van der Waals surface area (Å²) in [6, 6.07) is 8.17. The van der Waals surface area contributed by atoms with Gasteiger partial charge in [0.1, 0.15) is 5.82 Å². The van der Waals surface area contributed by atoms with Crippen molar-refractivity contribution in [3.8, 4) is 33.6 Å². The number of aryl methyl sites for hydroxylation is 2. The van der Waals surface area contributed by atoms with Gasteiger partial charge in [0.25, 0.3) is 0 Å². The topological polar surface area (TPSA) is 103 Å². The largest absolute Gasteiger partial charge is 0.367 e. The van der Waals surface area contributed by atoms with Crippen LogP contribution in [0.2, 0.25) is 0 Å². The highest BCUT2D eigenvalue weighted by Gasteiger charge is 2.33. The van der Waals surface area contributed by atoms with Crippen molar-refractivity contribution in [3.63, 3.8) is 0 Å². The van der Waals surface area contributed by atoms with E-state index in [4.69, 9.17) is 9.97 Å². The zero-order chi connectivity index (χ0) is 25.1. The average Bonchev–Trinajstić information content (AvgIpc) is 3.51. The van der Waals surface area contributed by atoms with Crippen molar-refractivity contribution in [2.24, 2.45) is 14.1 Å². The average molecular weight is 485 g/mol. The van der Waals surface area contributed by atoms with E-state index < -0.39 is 0 Å². The van der Waals surface area contributed by atoms with Gasteiger partial charge in [-0.25, -0.2) is 9.97 Å². The Balaban J connectivity index is 1.50. The molecule has 0 bridgehead atoms. The molecule has 4 aromatic rings. The van der Waals surface area contributed by atoms with E-state index in [0.29, 0.717) is 12.4 Å². The monoisotopic (exact) mass is 484 g/mol. The first-order valence-electron chi connectivity index (χ1n) is 12.4. The minimum Gasteiger partial charge on any atom is -0.367 e. The number of anilines is 1. The molecule has 0 spiro atoms. The minimum absolute atomic E-state index is 0.00164. The quantitative estimate of drug-likeness (QED) is 0.408. The summed E-state index contributed by atoms with van der Waals surface area (Å²) in [6.45, 7) is 2.20. The fourth-order valence-corrected chi connectivity index (χ4v) is 5.04. The molecule has 5 rings (SSSR count). The van der Waals surface area contributed by atoms with Crippen LogP contribution in [0.3, 0.4) is 0 Å². The van der Waals surface area contributed by atoms with Crippen molar-refractivity contribution in [2.75, 3.05) is 11.9 Å². The molecule has 1 aliphatic rings. The zero-order valence-corrected chi connectivity index (χ0v) is 21.0. The smallest absolute Gasteiger partial charge is 0.217 e. The van der Waals surface area contributed by atoms with Crippen LogP contribution in [-0.2, 0) is 18.9 Å². The van der Waals surface area contributed by atoms with Crippen LogP contribution in [0.5, 0.6) is 0 Å². The highest BCUT2D eigenvalue weighted by Crippen LogP contribution is 2.32. The second-order valence-corrected chi connectivity index (χ2v) is 9.72. The van der Waals surface area contributed by atoms with Gasteiger partial charge < -0.3 is 10.6 Å². The molecule has 1 aromatic carbocycles. The summed E-state index contributed by atoms with van der Waals surface area (Å²) >= 11 is 0. The number of rotatable bonds is 7. The highest BCUT2D eigenvalue weighted by molar-refractivity contribution is 5.77. The Morgan fingerprint density at radius 3 is 2.31 bits per heavy atom. The Morgan fingerprint density at radius 2 is 1.64 bits per heavy atom. The lowest BCUT2D eigenvalue weighted by Gasteiger charge is -2.38. The van der Waals surface area contributed by atoms with Gasteiger partial charge >= 0.3 is 0 Å². The van der Waals surface area contributed by atoms with Gasteiger partial charge in [0.15, 0.2) is 5.82 Å². The van der Waals surface area contributed by atoms with Crippen molar-refractivity contribution >= 4 is 11.7 Å². The van der Waals surface area contributed by atoms with Crippen LogP contribution in [0, 0.1) is 0 Å². The molecule has 1 aliphatic carbocycles. The maximum absolute atomic E-state index is 12.0. The van der Waals surface area contributed by atoms with Crippen molar-refractivity contribution in [3.05, 3.63) is 55.2 Å². The summed E-state index contributed by atoms with van der Waals surface area (Å²) in [5.74, 6) is 1.37. The number of hydrogen-bond acceptors (Lipinski definition) is 6. The van der Waals surface area contributed by atoms with Gasteiger partial charge in [-0.15, -0.1) is 0 Å². The summed E-state index contributed by atoms with van der Waals surface area (Å²) in [6.07, 6.45) is 14.8. The zero-order valence-electron chi connectivity index (χ0n) is 21.0. The molecule has 9 nitrogen and oxygen atoms in total. The van der Waals surface area contributed by atoms with Crippen molar-refractivity contribution in [1.29, 1.82) is 0 Å². The molecule has 9 heteroatoms. The van der Waals surface area contributed by atoms with Gasteiger partial charge in [-0.2, -0.15) is 10.2 Å². The van der Waals surface area contributed by atoms with Crippen LogP contribution >= 0.6 is 0 Å². The minimum atomic E-state index is -0.276. The van der Waals surface area contributed by atoms with Crippen LogP contribution in [0.4, 0.5) is 5.82 Å². The molecule has 3 heterocycles. The molecule has 1 amide bonds. The van der Waals surface area contributed by atoms with Gasteiger partial charge in [0.05, 0.1) is 17.9 Å². The SMILES string of the molecule is CC(=O)NC1(CNc2nc(-c3cccc(-c4cnn(C)c4)c3)ncc2-c2cnn(C)c2)CCCCC1. The molecule has 0 radical (unpaired) electrons. The number of benzene rings is 1. The number of nitrogens with zero attached hydrogens (tertiary/aromatic N) is 6. The number of carbonyl (C=O) groups excluding carboxylic acids is 1. The fourth-order valence-electron chi connectivity index (χ4n) is 5.04. The van der Waals surface area contributed by atoms with E-state index in [1.54, 1.807) is 16.3 Å². The number of hydrogen-bond donors (Lipinski definition) is 2. The summed E-state index contributed by atoms with van der Waals surface area (Å²) < 4.78 is 3.56. The second-order valence-electron chi connectivity index (χ2n) is 9.72. The molecular weight excluding hydrogens is 452 g/mol. The van der Waals surface area contributed by atoms with Crippen molar-refractivity contribution in [1.82, 2.24) is 34.8 Å². The Kier molecular flexibility index (Phi) is 6.54. The van der Waals surface area contributed by atoms with Gasteiger partial charge in [0, 0.05) is 68.4 Å². The van der Waals surface area contributed by atoms with Crippen LogP contribution in [0.15, 0.2) is 55.2 Å². The molecular formula is C27H32N8O. The summed E-state index contributed by atoms with van der Waals surface area (Å²) in [7, 11) is 3.80. The molecule has 186 valence electrons. The van der Waals surface area contributed by atoms with E-state index >= 15 is 0 Å². The first-order valence-corrected chi connectivity index (χ1v) is 12.4. The van der Waals surface area contributed by atoms with Gasteiger partial charge in [-0.05, 0) is 24.5 Å². The number of amides is 1. The normalized spacial score (nSPS) is 15.0. The molecule has 0 saturated heterocycles. The molecule has 1 saturated carbocycles. The highest BCUT2D eigenvalue weighted by atomic mass is 16.1. The molecule has 1 fully saturated rings. The summed E-state index contributed by atoms with van der Waals surface area (Å²) in [5, 5.41) is 15.4. The first kappa shape index (κ1) is 23.7. The van der Waals surface area contributed by atoms with Crippen LogP contribution in [0.25, 0.3) is 33.6 Å². The number of nitrogens with one attached hydrogen (secondary N) is 2. The van der Waals surface area contributed by atoms with E-state index in [9.17, 15) is 4.79 Å². The Bertz CT molecular complexity index is 1370. The van der Waals surface area contributed by atoms with E-state index in [1.807, 2.05) is 57.2 Å². The maximum Gasteiger partial charge on any atom is 0.217 e. The van der Waals surface area contributed by atoms with Crippen LogP contribution < -0.4 is 10.6 Å². The van der Waals surface area contributed by atoms with E-state index in [1.165, 1.54) is 6.42 Å². The second kappa shape index (κ2) is 9.93. The predicted octanol–water partition coefficient (Wildman–Crippen LogP) is 4.20. The molecule has 3 aromatic heterocycles. The van der Waals surface area contributed by atoms with Crippen LogP contribution in [0.1, 0.15) is 39.0 Å². The lowest BCUT2D eigenvalue weighted by atomic mass is 9.81. The lowest BCUT2D eigenvalue weighted by molar-refractivity contribution is -0.121. The third-order valence-electron chi connectivity index (χ3n) is 6.81. The van der Waals surface area contributed by atoms with E-state index in [2.05, 4.69) is 33.0 Å². The standard InChI is InChI=1S/C27H32N8O/c1-19(36)33-27(10-5-4-6-11-27)18-29-26-24(23-14-31-35(3)17-23)15-28-25(32-26)21-9-7-8-20(12-21)22-13-30-34(2)16-22/h7-9,12-17H,4-6,10-11,18H2,1-3H3,(H,33,36)(H,28,29,32).